The van der Waals surface area contributed by atoms with E-state index in [0.29, 0.717) is 17.2 Å². The first-order chi connectivity index (χ1) is 14.3. The number of benzene rings is 2. The van der Waals surface area contributed by atoms with Crippen molar-refractivity contribution in [1.29, 1.82) is 0 Å². The number of halogens is 3. The van der Waals surface area contributed by atoms with Crippen LogP contribution in [0.1, 0.15) is 28.3 Å². The van der Waals surface area contributed by atoms with Crippen LogP contribution in [-0.2, 0) is 9.53 Å². The number of hydrogen-bond acceptors (Lipinski definition) is 4. The maximum absolute atomic E-state index is 12.7. The van der Waals surface area contributed by atoms with Crippen LogP contribution in [0.5, 0.6) is 5.75 Å². The Morgan fingerprint density at radius 3 is 2.23 bits per heavy atom. The van der Waals surface area contributed by atoms with Gasteiger partial charge in [-0.25, -0.2) is 0 Å². The first-order valence-electron chi connectivity index (χ1n) is 9.19. The number of amides is 1. The number of ether oxygens (including phenoxy) is 2. The van der Waals surface area contributed by atoms with E-state index in [-0.39, 0.29) is 33.5 Å². The average Bonchev–Trinajstić information content (AvgIpc) is 3.15. The van der Waals surface area contributed by atoms with E-state index in [1.807, 2.05) is 24.3 Å². The molecule has 3 unspecified atom stereocenters. The topological polar surface area (TPSA) is 64.6 Å². The molecule has 0 aromatic heterocycles. The Kier molecular flexibility index (Phi) is 7.29. The van der Waals surface area contributed by atoms with Gasteiger partial charge < -0.3 is 14.8 Å². The molecular formula is C22H20Cl3NO4. The lowest BCUT2D eigenvalue weighted by atomic mass is 9.85. The summed E-state index contributed by atoms with van der Waals surface area (Å²) in [5.41, 5.74) is 0.979. The molecule has 5 nitrogen and oxygen atoms in total. The quantitative estimate of drug-likeness (QED) is 0.462. The molecule has 0 saturated carbocycles. The second-order valence-corrected chi connectivity index (χ2v) is 8.13. The van der Waals surface area contributed by atoms with Crippen LogP contribution in [0.15, 0.2) is 48.6 Å². The molecule has 3 rings (SSSR count). The Labute approximate surface area is 189 Å². The van der Waals surface area contributed by atoms with Crippen molar-refractivity contribution < 1.29 is 19.1 Å². The summed E-state index contributed by atoms with van der Waals surface area (Å²) in [5.74, 6) is -0.693. The third kappa shape index (κ3) is 4.91. The number of hydrogen-bond donors (Lipinski definition) is 1. The SMILES string of the molecule is COC(=O)C(c1ccc(OC)cc1)C1C=CC(NC(=O)c2c(Cl)cc(Cl)cc2Cl)C1. The summed E-state index contributed by atoms with van der Waals surface area (Å²) in [4.78, 5) is 25.2. The molecule has 0 heterocycles. The standard InChI is InChI=1S/C22H20Cl3NO4/c1-29-16-7-4-12(5-8-16)19(22(28)30-2)13-3-6-15(9-13)26-21(27)20-17(24)10-14(23)11-18(20)25/h3-8,10-11,13,15,19H,9H2,1-2H3,(H,26,27). The molecule has 0 fully saturated rings. The Morgan fingerprint density at radius 2 is 1.67 bits per heavy atom. The third-order valence-electron chi connectivity index (χ3n) is 5.03. The molecular weight excluding hydrogens is 449 g/mol. The Bertz CT molecular complexity index is 952. The molecule has 3 atom stereocenters. The van der Waals surface area contributed by atoms with E-state index in [9.17, 15) is 9.59 Å². The van der Waals surface area contributed by atoms with E-state index in [4.69, 9.17) is 44.3 Å². The summed E-state index contributed by atoms with van der Waals surface area (Å²) in [6.45, 7) is 0. The lowest BCUT2D eigenvalue weighted by Crippen LogP contribution is -2.34. The van der Waals surface area contributed by atoms with Crippen LogP contribution in [0, 0.1) is 5.92 Å². The summed E-state index contributed by atoms with van der Waals surface area (Å²) >= 11 is 18.2. The fourth-order valence-corrected chi connectivity index (χ4v) is 4.57. The summed E-state index contributed by atoms with van der Waals surface area (Å²) in [5, 5.41) is 3.60. The van der Waals surface area contributed by atoms with Crippen LogP contribution in [0.2, 0.25) is 15.1 Å². The zero-order chi connectivity index (χ0) is 21.8. The van der Waals surface area contributed by atoms with Gasteiger partial charge in [0.2, 0.25) is 0 Å². The van der Waals surface area contributed by atoms with Gasteiger partial charge in [0, 0.05) is 11.1 Å². The van der Waals surface area contributed by atoms with Crippen molar-refractivity contribution >= 4 is 46.7 Å². The molecule has 158 valence electrons. The molecule has 1 amide bonds. The molecule has 0 aliphatic heterocycles. The fourth-order valence-electron chi connectivity index (χ4n) is 3.58. The highest BCUT2D eigenvalue weighted by molar-refractivity contribution is 6.42. The van der Waals surface area contributed by atoms with E-state index in [1.165, 1.54) is 19.2 Å². The smallest absolute Gasteiger partial charge is 0.313 e. The normalized spacial score (nSPS) is 18.7. The van der Waals surface area contributed by atoms with Crippen molar-refractivity contribution in [3.05, 3.63) is 74.7 Å². The minimum absolute atomic E-state index is 0.146. The van der Waals surface area contributed by atoms with Crippen molar-refractivity contribution in [2.45, 2.75) is 18.4 Å². The molecule has 2 aromatic rings. The van der Waals surface area contributed by atoms with Crippen LogP contribution >= 0.6 is 34.8 Å². The van der Waals surface area contributed by atoms with Gasteiger partial charge in [-0.15, -0.1) is 0 Å². The largest absolute Gasteiger partial charge is 0.497 e. The van der Waals surface area contributed by atoms with Crippen molar-refractivity contribution in [2.24, 2.45) is 5.92 Å². The minimum atomic E-state index is -0.498. The lowest BCUT2D eigenvalue weighted by molar-refractivity contribution is -0.143. The predicted molar refractivity (Wildman–Crippen MR) is 118 cm³/mol. The van der Waals surface area contributed by atoms with Crippen LogP contribution in [0.3, 0.4) is 0 Å². The number of methoxy groups -OCH3 is 2. The van der Waals surface area contributed by atoms with Gasteiger partial charge in [-0.1, -0.05) is 59.1 Å². The van der Waals surface area contributed by atoms with Crippen molar-refractivity contribution in [3.63, 3.8) is 0 Å². The van der Waals surface area contributed by atoms with Crippen LogP contribution in [0.25, 0.3) is 0 Å². The van der Waals surface area contributed by atoms with Crippen LogP contribution in [0.4, 0.5) is 0 Å². The van der Waals surface area contributed by atoms with E-state index in [1.54, 1.807) is 19.2 Å². The van der Waals surface area contributed by atoms with Gasteiger partial charge in [-0.2, -0.15) is 0 Å². The Hall–Kier alpha value is -2.21. The van der Waals surface area contributed by atoms with Crippen molar-refractivity contribution in [2.75, 3.05) is 14.2 Å². The number of nitrogens with one attached hydrogen (secondary N) is 1. The van der Waals surface area contributed by atoms with Crippen molar-refractivity contribution in [1.82, 2.24) is 5.32 Å². The second kappa shape index (κ2) is 9.73. The summed E-state index contributed by atoms with van der Waals surface area (Å²) in [6, 6.07) is 9.93. The first-order valence-corrected chi connectivity index (χ1v) is 10.3. The number of allylic oxidation sites excluding steroid dienone is 1. The molecule has 0 spiro atoms. The Balaban J connectivity index is 1.74. The predicted octanol–water partition coefficient (Wildman–Crippen LogP) is 5.29. The van der Waals surface area contributed by atoms with Gasteiger partial charge in [-0.3, -0.25) is 9.59 Å². The molecule has 0 bridgehead atoms. The zero-order valence-electron chi connectivity index (χ0n) is 16.3. The molecule has 1 aliphatic rings. The van der Waals surface area contributed by atoms with Gasteiger partial charge >= 0.3 is 5.97 Å². The van der Waals surface area contributed by atoms with E-state index in [0.717, 1.165) is 5.56 Å². The van der Waals surface area contributed by atoms with Crippen molar-refractivity contribution in [3.8, 4) is 5.75 Å². The van der Waals surface area contributed by atoms with Gasteiger partial charge in [0.1, 0.15) is 5.75 Å². The van der Waals surface area contributed by atoms with Gasteiger partial charge in [0.15, 0.2) is 0 Å². The lowest BCUT2D eigenvalue weighted by Gasteiger charge is -2.22. The number of esters is 1. The molecule has 2 aromatic carbocycles. The van der Waals surface area contributed by atoms with Gasteiger partial charge in [0.05, 0.1) is 35.7 Å². The molecule has 30 heavy (non-hydrogen) atoms. The highest BCUT2D eigenvalue weighted by atomic mass is 35.5. The number of carbonyl (C=O) groups excluding carboxylic acids is 2. The summed E-state index contributed by atoms with van der Waals surface area (Å²) in [7, 11) is 2.94. The highest BCUT2D eigenvalue weighted by Gasteiger charge is 2.34. The van der Waals surface area contributed by atoms with E-state index in [2.05, 4.69) is 5.32 Å². The maximum atomic E-state index is 12.7. The molecule has 0 saturated heterocycles. The average molecular weight is 469 g/mol. The van der Waals surface area contributed by atoms with Gasteiger partial charge in [0.25, 0.3) is 5.91 Å². The first kappa shape index (κ1) is 22.5. The molecule has 8 heteroatoms. The third-order valence-corrected chi connectivity index (χ3v) is 5.84. The molecule has 0 radical (unpaired) electrons. The summed E-state index contributed by atoms with van der Waals surface area (Å²) < 4.78 is 10.2. The molecule has 1 N–H and O–H groups in total. The molecule has 1 aliphatic carbocycles. The second-order valence-electron chi connectivity index (χ2n) is 6.88. The van der Waals surface area contributed by atoms with Crippen LogP contribution < -0.4 is 10.1 Å². The number of rotatable bonds is 6. The highest BCUT2D eigenvalue weighted by Crippen LogP contribution is 2.35. The van der Waals surface area contributed by atoms with E-state index < -0.39 is 11.8 Å². The fraction of sp³-hybridized carbons (Fsp3) is 0.273. The maximum Gasteiger partial charge on any atom is 0.313 e. The zero-order valence-corrected chi connectivity index (χ0v) is 18.6. The number of carbonyl (C=O) groups is 2. The van der Waals surface area contributed by atoms with E-state index >= 15 is 0 Å². The van der Waals surface area contributed by atoms with Crippen LogP contribution in [-0.4, -0.2) is 32.1 Å². The summed E-state index contributed by atoms with van der Waals surface area (Å²) in [6.07, 6.45) is 4.31. The monoisotopic (exact) mass is 467 g/mol. The van der Waals surface area contributed by atoms with Gasteiger partial charge in [-0.05, 0) is 42.2 Å². The Morgan fingerprint density at radius 1 is 1.03 bits per heavy atom. The minimum Gasteiger partial charge on any atom is -0.497 e.